The Morgan fingerprint density at radius 2 is 0.727 bits per heavy atom. The molecule has 4 aromatic heterocycles. The normalized spacial score (nSPS) is 11.5. The molecule has 8 rings (SSSR count). The lowest BCUT2D eigenvalue weighted by Gasteiger charge is -1.91. The van der Waals surface area contributed by atoms with E-state index in [4.69, 9.17) is 17.7 Å². The maximum atomic E-state index is 5.84. The molecule has 4 aromatic carbocycles. The minimum absolute atomic E-state index is 0.740. The smallest absolute Gasteiger partial charge is 0.170 e. The van der Waals surface area contributed by atoms with Crippen molar-refractivity contribution < 1.29 is 17.7 Å². The summed E-state index contributed by atoms with van der Waals surface area (Å²) >= 11 is 0. The standard InChI is InChI=1S/2C20H14O2/c2*1-2-6-15(7-3-1)10-11-17-12-13-19(21-17)20-14-16-8-4-5-9-18(16)22-20/h2*1-14H/b2*11-10+. The minimum atomic E-state index is 0.740. The molecule has 44 heavy (non-hydrogen) atoms. The van der Waals surface area contributed by atoms with Crippen molar-refractivity contribution in [2.24, 2.45) is 0 Å². The van der Waals surface area contributed by atoms with E-state index in [1.54, 1.807) is 0 Å². The summed E-state index contributed by atoms with van der Waals surface area (Å²) in [5.41, 5.74) is 4.03. The van der Waals surface area contributed by atoms with Crippen LogP contribution in [0.15, 0.2) is 163 Å². The Kier molecular flexibility index (Phi) is 7.62. The highest BCUT2D eigenvalue weighted by molar-refractivity contribution is 5.83. The first-order valence-corrected chi connectivity index (χ1v) is 14.4. The van der Waals surface area contributed by atoms with Crippen LogP contribution in [0.5, 0.6) is 0 Å². The fraction of sp³-hybridized carbons (Fsp3) is 0. The highest BCUT2D eigenvalue weighted by Gasteiger charge is 2.10. The van der Waals surface area contributed by atoms with Gasteiger partial charge in [0.1, 0.15) is 22.7 Å². The number of rotatable bonds is 6. The van der Waals surface area contributed by atoms with E-state index in [0.717, 1.165) is 67.6 Å². The molecule has 0 bridgehead atoms. The molecular weight excluding hydrogens is 544 g/mol. The quantitative estimate of drug-likeness (QED) is 0.199. The van der Waals surface area contributed by atoms with Gasteiger partial charge in [-0.1, -0.05) is 109 Å². The molecule has 8 aromatic rings. The average Bonchev–Trinajstić information content (AvgIpc) is 3.89. The highest BCUT2D eigenvalue weighted by atomic mass is 16.4. The van der Waals surface area contributed by atoms with Gasteiger partial charge in [0.05, 0.1) is 0 Å². The topological polar surface area (TPSA) is 52.6 Å². The molecule has 0 saturated carbocycles. The average molecular weight is 573 g/mol. The molecule has 0 saturated heterocycles. The molecule has 212 valence electrons. The van der Waals surface area contributed by atoms with E-state index < -0.39 is 0 Å². The van der Waals surface area contributed by atoms with Gasteiger partial charge in [0.2, 0.25) is 0 Å². The summed E-state index contributed by atoms with van der Waals surface area (Å²) in [6.45, 7) is 0. The van der Waals surface area contributed by atoms with E-state index in [9.17, 15) is 0 Å². The van der Waals surface area contributed by atoms with Gasteiger partial charge < -0.3 is 17.7 Å². The molecule has 4 nitrogen and oxygen atoms in total. The van der Waals surface area contributed by atoms with Crippen LogP contribution in [0.1, 0.15) is 22.6 Å². The predicted molar refractivity (Wildman–Crippen MR) is 179 cm³/mol. The third-order valence-corrected chi connectivity index (χ3v) is 7.07. The van der Waals surface area contributed by atoms with Gasteiger partial charge in [-0.2, -0.15) is 0 Å². The number of hydrogen-bond donors (Lipinski definition) is 0. The molecule has 0 spiro atoms. The van der Waals surface area contributed by atoms with Crippen LogP contribution in [0, 0.1) is 0 Å². The molecule has 0 unspecified atom stereocenters. The number of fused-ring (bicyclic) bond motifs is 2. The fourth-order valence-electron chi connectivity index (χ4n) is 4.84. The molecule has 0 fully saturated rings. The molecule has 0 amide bonds. The van der Waals surface area contributed by atoms with E-state index in [-0.39, 0.29) is 0 Å². The summed E-state index contributed by atoms with van der Waals surface area (Å²) in [6.07, 6.45) is 7.98. The van der Waals surface area contributed by atoms with Crippen molar-refractivity contribution in [3.05, 3.63) is 168 Å². The van der Waals surface area contributed by atoms with Gasteiger partial charge in [0.25, 0.3) is 0 Å². The Hall–Kier alpha value is -6.00. The van der Waals surface area contributed by atoms with Crippen LogP contribution < -0.4 is 0 Å². The Morgan fingerprint density at radius 1 is 0.318 bits per heavy atom. The molecule has 0 N–H and O–H groups in total. The Balaban J connectivity index is 0.000000142. The molecule has 4 heterocycles. The van der Waals surface area contributed by atoms with Crippen LogP contribution in [-0.4, -0.2) is 0 Å². The Bertz CT molecular complexity index is 1940. The summed E-state index contributed by atoms with van der Waals surface area (Å²) in [5.74, 6) is 4.59. The van der Waals surface area contributed by atoms with E-state index in [1.165, 1.54) is 0 Å². The van der Waals surface area contributed by atoms with Gasteiger partial charge in [-0.3, -0.25) is 0 Å². The molecule has 0 aliphatic heterocycles. The minimum Gasteiger partial charge on any atom is -0.453 e. The molecule has 0 aliphatic rings. The van der Waals surface area contributed by atoms with Crippen molar-refractivity contribution in [3.8, 4) is 23.0 Å². The van der Waals surface area contributed by atoms with Crippen LogP contribution >= 0.6 is 0 Å². The third kappa shape index (κ3) is 6.25. The lowest BCUT2D eigenvalue weighted by Crippen LogP contribution is -1.68. The third-order valence-electron chi connectivity index (χ3n) is 7.07. The molecule has 4 heteroatoms. The number of para-hydroxylation sites is 2. The van der Waals surface area contributed by atoms with Crippen LogP contribution in [0.3, 0.4) is 0 Å². The van der Waals surface area contributed by atoms with Crippen molar-refractivity contribution in [1.29, 1.82) is 0 Å². The summed E-state index contributed by atoms with van der Waals surface area (Å²) in [5, 5.41) is 2.16. The second kappa shape index (κ2) is 12.5. The van der Waals surface area contributed by atoms with Crippen molar-refractivity contribution in [2.75, 3.05) is 0 Å². The second-order valence-corrected chi connectivity index (χ2v) is 10.2. The molecule has 0 aliphatic carbocycles. The SMILES string of the molecule is C(=C\c1ccc(-c2cc3ccccc3o2)o1)/c1ccccc1.C(=C\c1ccc(-c2cc3ccccc3o2)o1)/c1ccccc1. The summed E-state index contributed by atoms with van der Waals surface area (Å²) < 4.78 is 23.3. The maximum absolute atomic E-state index is 5.84. The number of furan rings is 4. The van der Waals surface area contributed by atoms with E-state index >= 15 is 0 Å². The van der Waals surface area contributed by atoms with Gasteiger partial charge in [-0.25, -0.2) is 0 Å². The van der Waals surface area contributed by atoms with Gasteiger partial charge in [0, 0.05) is 10.8 Å². The summed E-state index contributed by atoms with van der Waals surface area (Å²) in [6, 6.07) is 47.9. The Labute approximate surface area is 254 Å². The van der Waals surface area contributed by atoms with Crippen LogP contribution in [0.4, 0.5) is 0 Å². The lowest BCUT2D eigenvalue weighted by atomic mass is 10.2. The second-order valence-electron chi connectivity index (χ2n) is 10.2. The van der Waals surface area contributed by atoms with Gasteiger partial charge in [0.15, 0.2) is 23.0 Å². The maximum Gasteiger partial charge on any atom is 0.170 e. The number of benzene rings is 4. The zero-order valence-electron chi connectivity index (χ0n) is 23.8. The van der Waals surface area contributed by atoms with Crippen molar-refractivity contribution in [1.82, 2.24) is 0 Å². The van der Waals surface area contributed by atoms with Gasteiger partial charge in [-0.05, 0) is 71.8 Å². The number of hydrogen-bond acceptors (Lipinski definition) is 4. The zero-order chi connectivity index (χ0) is 29.6. The summed E-state index contributed by atoms with van der Waals surface area (Å²) in [7, 11) is 0. The van der Waals surface area contributed by atoms with Crippen molar-refractivity contribution >= 4 is 46.2 Å². The first-order chi connectivity index (χ1) is 21.8. The fourth-order valence-corrected chi connectivity index (χ4v) is 4.84. The van der Waals surface area contributed by atoms with Crippen molar-refractivity contribution in [3.63, 3.8) is 0 Å². The van der Waals surface area contributed by atoms with Crippen LogP contribution in [-0.2, 0) is 0 Å². The summed E-state index contributed by atoms with van der Waals surface area (Å²) in [4.78, 5) is 0. The Morgan fingerprint density at radius 3 is 1.16 bits per heavy atom. The first kappa shape index (κ1) is 26.9. The van der Waals surface area contributed by atoms with Crippen molar-refractivity contribution in [2.45, 2.75) is 0 Å². The lowest BCUT2D eigenvalue weighted by molar-refractivity contribution is 0.536. The van der Waals surface area contributed by atoms with Gasteiger partial charge in [-0.15, -0.1) is 0 Å². The van der Waals surface area contributed by atoms with Gasteiger partial charge >= 0.3 is 0 Å². The van der Waals surface area contributed by atoms with E-state index in [1.807, 2.05) is 146 Å². The largest absolute Gasteiger partial charge is 0.453 e. The zero-order valence-corrected chi connectivity index (χ0v) is 23.8. The molecule has 0 radical (unpaired) electrons. The van der Waals surface area contributed by atoms with Crippen LogP contribution in [0.25, 0.3) is 69.3 Å². The van der Waals surface area contributed by atoms with E-state index in [2.05, 4.69) is 24.3 Å². The van der Waals surface area contributed by atoms with Crippen LogP contribution in [0.2, 0.25) is 0 Å². The molecular formula is C40H28O4. The highest BCUT2D eigenvalue weighted by Crippen LogP contribution is 2.30. The first-order valence-electron chi connectivity index (χ1n) is 14.4. The monoisotopic (exact) mass is 572 g/mol. The van der Waals surface area contributed by atoms with E-state index in [0.29, 0.717) is 0 Å². The predicted octanol–water partition coefficient (Wildman–Crippen LogP) is 11.7. The molecule has 0 atom stereocenters.